The number of carbonyl (C=O) groups is 1. The monoisotopic (exact) mass is 473 g/mol. The summed E-state index contributed by atoms with van der Waals surface area (Å²) < 4.78 is 29.0. The molecule has 1 N–H and O–H groups in total. The first-order chi connectivity index (χ1) is 15.1. The zero-order chi connectivity index (χ0) is 23.0. The molecule has 9 heteroatoms. The number of pyridine rings is 1. The van der Waals surface area contributed by atoms with E-state index < -0.39 is 23.0 Å². The van der Waals surface area contributed by atoms with E-state index in [2.05, 4.69) is 9.97 Å². The number of aromatic amines is 1. The average molecular weight is 474 g/mol. The lowest BCUT2D eigenvalue weighted by Gasteiger charge is -2.24. The number of para-hydroxylation sites is 1. The van der Waals surface area contributed by atoms with Crippen LogP contribution in [0, 0.1) is 5.82 Å². The number of nitrogens with one attached hydrogen (secondary N) is 1. The van der Waals surface area contributed by atoms with Crippen LogP contribution in [0.2, 0.25) is 5.02 Å². The smallest absolute Gasteiger partial charge is 0.270 e. The third-order valence-corrected chi connectivity index (χ3v) is 5.98. The molecule has 2 heterocycles. The van der Waals surface area contributed by atoms with E-state index in [0.717, 1.165) is 11.3 Å². The Kier molecular flexibility index (Phi) is 5.83. The molecule has 0 aliphatic carbocycles. The maximum absolute atomic E-state index is 14.7. The number of rotatable bonds is 5. The normalized spacial score (nSPS) is 11.7. The molecule has 164 valence electrons. The standard InChI is InChI=1S/C23H18ClF2N3O2S/c1-23(2,26)21-20(32-12-27-21)22(31)29(15-6-3-5-14(24)10-15)11-13-9-18(30)28-19-16(13)7-4-8-17(19)25/h3-10,12H,11H2,1-2H3,(H,28,30). The molecule has 0 aliphatic rings. The van der Waals surface area contributed by atoms with Crippen molar-refractivity contribution in [2.75, 3.05) is 4.90 Å². The number of anilines is 1. The SMILES string of the molecule is CC(C)(F)c1ncsc1C(=O)N(Cc1cc(=O)[nH]c2c(F)cccc12)c1cccc(Cl)c1. The van der Waals surface area contributed by atoms with E-state index in [1.807, 2.05) is 0 Å². The van der Waals surface area contributed by atoms with Crippen LogP contribution < -0.4 is 10.5 Å². The van der Waals surface area contributed by atoms with Gasteiger partial charge in [0.2, 0.25) is 5.56 Å². The largest absolute Gasteiger partial charge is 0.319 e. The van der Waals surface area contributed by atoms with Crippen LogP contribution in [0.4, 0.5) is 14.5 Å². The first-order valence-electron chi connectivity index (χ1n) is 9.66. The lowest BCUT2D eigenvalue weighted by molar-refractivity contribution is 0.0981. The van der Waals surface area contributed by atoms with Gasteiger partial charge in [0.05, 0.1) is 17.6 Å². The van der Waals surface area contributed by atoms with Crippen LogP contribution in [0.5, 0.6) is 0 Å². The lowest BCUT2D eigenvalue weighted by atomic mass is 10.0. The highest BCUT2D eigenvalue weighted by molar-refractivity contribution is 7.12. The van der Waals surface area contributed by atoms with Gasteiger partial charge in [0, 0.05) is 22.2 Å². The molecular weight excluding hydrogens is 456 g/mol. The van der Waals surface area contributed by atoms with Crippen molar-refractivity contribution in [1.29, 1.82) is 0 Å². The van der Waals surface area contributed by atoms with Gasteiger partial charge in [0.25, 0.3) is 5.91 Å². The molecule has 0 atom stereocenters. The maximum atomic E-state index is 14.7. The molecule has 4 aromatic rings. The molecule has 0 radical (unpaired) electrons. The van der Waals surface area contributed by atoms with Crippen molar-refractivity contribution in [2.45, 2.75) is 26.1 Å². The van der Waals surface area contributed by atoms with Crippen LogP contribution in [0.1, 0.15) is 34.8 Å². The van der Waals surface area contributed by atoms with E-state index in [4.69, 9.17) is 11.6 Å². The van der Waals surface area contributed by atoms with Crippen LogP contribution >= 0.6 is 22.9 Å². The summed E-state index contributed by atoms with van der Waals surface area (Å²) in [5, 5.41) is 0.859. The summed E-state index contributed by atoms with van der Waals surface area (Å²) in [6.45, 7) is 2.60. The van der Waals surface area contributed by atoms with Crippen molar-refractivity contribution in [3.63, 3.8) is 0 Å². The van der Waals surface area contributed by atoms with Crippen molar-refractivity contribution < 1.29 is 13.6 Å². The Balaban J connectivity index is 1.87. The fraction of sp³-hybridized carbons (Fsp3) is 0.174. The first kappa shape index (κ1) is 22.1. The number of benzene rings is 2. The third-order valence-electron chi connectivity index (χ3n) is 4.93. The van der Waals surface area contributed by atoms with Gasteiger partial charge in [-0.25, -0.2) is 13.8 Å². The minimum atomic E-state index is -1.83. The number of hydrogen-bond acceptors (Lipinski definition) is 4. The van der Waals surface area contributed by atoms with Crippen molar-refractivity contribution in [3.05, 3.63) is 91.4 Å². The molecule has 32 heavy (non-hydrogen) atoms. The Morgan fingerprint density at radius 3 is 2.69 bits per heavy atom. The van der Waals surface area contributed by atoms with Gasteiger partial charge in [0.15, 0.2) is 0 Å². The number of H-pyrrole nitrogens is 1. The zero-order valence-electron chi connectivity index (χ0n) is 17.2. The quantitative estimate of drug-likeness (QED) is 0.396. The van der Waals surface area contributed by atoms with E-state index in [9.17, 15) is 18.4 Å². The third kappa shape index (κ3) is 4.28. The van der Waals surface area contributed by atoms with Gasteiger partial charge in [-0.1, -0.05) is 29.8 Å². The van der Waals surface area contributed by atoms with Crippen molar-refractivity contribution in [3.8, 4) is 0 Å². The Labute approximate surface area is 191 Å². The van der Waals surface area contributed by atoms with Crippen LogP contribution in [-0.4, -0.2) is 15.9 Å². The molecule has 0 unspecified atom stereocenters. The van der Waals surface area contributed by atoms with E-state index in [1.54, 1.807) is 30.3 Å². The van der Waals surface area contributed by atoms with Gasteiger partial charge in [-0.3, -0.25) is 9.59 Å². The lowest BCUT2D eigenvalue weighted by Crippen LogP contribution is -2.32. The highest BCUT2D eigenvalue weighted by atomic mass is 35.5. The summed E-state index contributed by atoms with van der Waals surface area (Å²) in [6.07, 6.45) is 0. The molecule has 1 amide bonds. The second-order valence-corrected chi connectivity index (χ2v) is 8.99. The zero-order valence-corrected chi connectivity index (χ0v) is 18.7. The van der Waals surface area contributed by atoms with Crippen LogP contribution in [0.25, 0.3) is 10.9 Å². The van der Waals surface area contributed by atoms with Crippen LogP contribution in [0.3, 0.4) is 0 Å². The van der Waals surface area contributed by atoms with Crippen molar-refractivity contribution in [1.82, 2.24) is 9.97 Å². The number of halogens is 3. The number of alkyl halides is 1. The molecule has 2 aromatic carbocycles. The Bertz CT molecular complexity index is 1380. The maximum Gasteiger partial charge on any atom is 0.270 e. The highest BCUT2D eigenvalue weighted by Gasteiger charge is 2.32. The van der Waals surface area contributed by atoms with Gasteiger partial charge < -0.3 is 9.88 Å². The summed E-state index contributed by atoms with van der Waals surface area (Å²) in [5.74, 6) is -1.08. The van der Waals surface area contributed by atoms with Crippen LogP contribution in [0.15, 0.2) is 58.8 Å². The van der Waals surface area contributed by atoms with Crippen molar-refractivity contribution >= 4 is 45.4 Å². The Morgan fingerprint density at radius 1 is 1.22 bits per heavy atom. The first-order valence-corrected chi connectivity index (χ1v) is 10.9. The number of thiazole rings is 1. The second kappa shape index (κ2) is 8.44. The minimum Gasteiger partial charge on any atom is -0.319 e. The molecule has 0 bridgehead atoms. The van der Waals surface area contributed by atoms with E-state index in [1.165, 1.54) is 42.5 Å². The fourth-order valence-corrected chi connectivity index (χ4v) is 4.55. The van der Waals surface area contributed by atoms with Gasteiger partial charge in [-0.05, 0) is 43.7 Å². The number of hydrogen-bond donors (Lipinski definition) is 1. The number of amides is 1. The average Bonchev–Trinajstić information content (AvgIpc) is 3.23. The molecule has 0 aliphatic heterocycles. The highest BCUT2D eigenvalue weighted by Crippen LogP contribution is 2.32. The minimum absolute atomic E-state index is 0.0290. The van der Waals surface area contributed by atoms with E-state index >= 15 is 0 Å². The predicted octanol–water partition coefficient (Wildman–Crippen LogP) is 5.83. The topological polar surface area (TPSA) is 66.1 Å². The Hall–Kier alpha value is -3.10. The molecule has 2 aromatic heterocycles. The molecule has 0 saturated heterocycles. The van der Waals surface area contributed by atoms with E-state index in [0.29, 0.717) is 21.7 Å². The number of fused-ring (bicyclic) bond motifs is 1. The summed E-state index contributed by atoms with van der Waals surface area (Å²) >= 11 is 7.18. The van der Waals surface area contributed by atoms with Gasteiger partial charge in [-0.15, -0.1) is 11.3 Å². The number of carbonyl (C=O) groups excluding carboxylic acids is 1. The summed E-state index contributed by atoms with van der Waals surface area (Å²) in [7, 11) is 0. The fourth-order valence-electron chi connectivity index (χ4n) is 3.48. The molecule has 4 rings (SSSR count). The molecule has 0 saturated carbocycles. The molecular formula is C23H18ClF2N3O2S. The van der Waals surface area contributed by atoms with Gasteiger partial charge in [-0.2, -0.15) is 0 Å². The van der Waals surface area contributed by atoms with Crippen molar-refractivity contribution in [2.24, 2.45) is 0 Å². The number of nitrogens with zero attached hydrogens (tertiary/aromatic N) is 2. The molecule has 0 fully saturated rings. The number of aromatic nitrogens is 2. The molecule has 5 nitrogen and oxygen atoms in total. The predicted molar refractivity (Wildman–Crippen MR) is 123 cm³/mol. The van der Waals surface area contributed by atoms with Gasteiger partial charge >= 0.3 is 0 Å². The van der Waals surface area contributed by atoms with E-state index in [-0.39, 0.29) is 22.6 Å². The second-order valence-electron chi connectivity index (χ2n) is 7.69. The van der Waals surface area contributed by atoms with Gasteiger partial charge in [0.1, 0.15) is 22.1 Å². The summed E-state index contributed by atoms with van der Waals surface area (Å²) in [5.41, 5.74) is 0.0473. The Morgan fingerprint density at radius 2 is 1.97 bits per heavy atom. The molecule has 0 spiro atoms. The van der Waals surface area contributed by atoms with Crippen LogP contribution in [-0.2, 0) is 12.2 Å². The summed E-state index contributed by atoms with van der Waals surface area (Å²) in [6, 6.07) is 12.4. The summed E-state index contributed by atoms with van der Waals surface area (Å²) in [4.78, 5) is 33.9.